The van der Waals surface area contributed by atoms with Gasteiger partial charge in [0.2, 0.25) is 0 Å². The molecule has 0 fully saturated rings. The predicted molar refractivity (Wildman–Crippen MR) is 294 cm³/mol. The predicted octanol–water partition coefficient (Wildman–Crippen LogP) is 16.5. The number of rotatable bonds is 4. The molecule has 14 aromatic rings. The minimum Gasteiger partial charge on any atom is -0.457 e. The first-order valence-electron chi connectivity index (χ1n) is 24.6. The van der Waals surface area contributed by atoms with Gasteiger partial charge in [0.25, 0.3) is 0 Å². The third-order valence-electron chi connectivity index (χ3n) is 15.6. The van der Waals surface area contributed by atoms with Crippen molar-refractivity contribution in [1.29, 1.82) is 0 Å². The van der Waals surface area contributed by atoms with Gasteiger partial charge in [0.05, 0.1) is 67.8 Å². The molecule has 0 saturated carbocycles. The van der Waals surface area contributed by atoms with Crippen LogP contribution in [0.1, 0.15) is 22.3 Å². The van der Waals surface area contributed by atoms with E-state index in [-0.39, 0.29) is 0 Å². The lowest BCUT2D eigenvalue weighted by Crippen LogP contribution is -2.32. The highest BCUT2D eigenvalue weighted by Crippen LogP contribution is 2.62. The Morgan fingerprint density at radius 1 is 0.370 bits per heavy atom. The second-order valence-corrected chi connectivity index (χ2v) is 19.2. The molecule has 16 rings (SSSR count). The van der Waals surface area contributed by atoms with Crippen molar-refractivity contribution >= 4 is 71.1 Å². The summed E-state index contributed by atoms with van der Waals surface area (Å²) in [7, 11) is 0. The highest BCUT2D eigenvalue weighted by molar-refractivity contribution is 6.13. The van der Waals surface area contributed by atoms with Crippen molar-refractivity contribution in [3.05, 3.63) is 264 Å². The lowest BCUT2D eigenvalue weighted by atomic mass is 9.66. The van der Waals surface area contributed by atoms with Crippen molar-refractivity contribution in [2.45, 2.75) is 5.41 Å². The van der Waals surface area contributed by atoms with E-state index in [1.807, 2.05) is 36.7 Å². The van der Waals surface area contributed by atoms with Gasteiger partial charge in [0.15, 0.2) is 5.69 Å². The van der Waals surface area contributed by atoms with Crippen LogP contribution in [0.3, 0.4) is 0 Å². The molecule has 1 aliphatic heterocycles. The summed E-state index contributed by atoms with van der Waals surface area (Å²) in [6.45, 7) is 7.75. The van der Waals surface area contributed by atoms with Gasteiger partial charge in [-0.3, -0.25) is 9.97 Å². The maximum absolute atomic E-state index is 7.75. The van der Waals surface area contributed by atoms with E-state index < -0.39 is 5.41 Å². The molecule has 9 aromatic carbocycles. The smallest absolute Gasteiger partial charge is 0.188 e. The molecule has 1 spiro atoms. The number of fused-ring (bicyclic) bond motifs is 18. The third kappa shape index (κ3) is 5.30. The Morgan fingerprint density at radius 3 is 1.48 bits per heavy atom. The fourth-order valence-corrected chi connectivity index (χ4v) is 12.7. The summed E-state index contributed by atoms with van der Waals surface area (Å²) in [5.74, 6) is 1.55. The fourth-order valence-electron chi connectivity index (χ4n) is 12.7. The highest BCUT2D eigenvalue weighted by Gasteiger charge is 2.52. The zero-order valence-corrected chi connectivity index (χ0v) is 39.0. The summed E-state index contributed by atoms with van der Waals surface area (Å²) < 4.78 is 14.3. The van der Waals surface area contributed by atoms with Crippen LogP contribution in [0, 0.1) is 6.57 Å². The first-order valence-corrected chi connectivity index (χ1v) is 24.6. The quantitative estimate of drug-likeness (QED) is 0.165. The van der Waals surface area contributed by atoms with E-state index in [2.05, 4.69) is 213 Å². The topological polar surface area (TPSA) is 54.2 Å². The first-order chi connectivity index (χ1) is 36.2. The molecule has 2 aliphatic rings. The molecule has 6 heterocycles. The second kappa shape index (κ2) is 14.8. The summed E-state index contributed by atoms with van der Waals surface area (Å²) in [5.41, 5.74) is 17.9. The van der Waals surface area contributed by atoms with Crippen molar-refractivity contribution in [3.63, 3.8) is 0 Å². The number of aromatic nitrogens is 5. The lowest BCUT2D eigenvalue weighted by molar-refractivity contribution is 0.436. The molecular formula is C66H38N6O. The average Bonchev–Trinajstić information content (AvgIpc) is 4.17. The number of hydrogen-bond acceptors (Lipinski definition) is 3. The van der Waals surface area contributed by atoms with Gasteiger partial charge in [-0.2, -0.15) is 0 Å². The Kier molecular flexibility index (Phi) is 8.04. The SMILES string of the molecule is [C-]#[N+]c1ccc2c(c1)c1ccccc1n2-c1ccc2c(c1)Oc1ccc(-c3ccc4c(c3)c3ccccc3n4-c3ccccc3-n3c4ccccc4c4ccccc43)cc1C21c2cccnc2-c2ncccc21. The van der Waals surface area contributed by atoms with E-state index in [4.69, 9.17) is 21.3 Å². The number of pyridine rings is 2. The molecule has 0 amide bonds. The third-order valence-corrected chi connectivity index (χ3v) is 15.6. The second-order valence-electron chi connectivity index (χ2n) is 19.2. The maximum Gasteiger partial charge on any atom is 0.188 e. The fraction of sp³-hybridized carbons (Fsp3) is 0.0152. The molecule has 0 atom stereocenters. The molecule has 73 heavy (non-hydrogen) atoms. The summed E-state index contributed by atoms with van der Waals surface area (Å²) in [5, 5.41) is 6.97. The lowest BCUT2D eigenvalue weighted by Gasteiger charge is -2.39. The minimum absolute atomic E-state index is 0.617. The molecule has 0 N–H and O–H groups in total. The van der Waals surface area contributed by atoms with Crippen LogP contribution < -0.4 is 4.74 Å². The molecule has 7 heteroatoms. The van der Waals surface area contributed by atoms with Crippen LogP contribution in [0.25, 0.3) is 110 Å². The van der Waals surface area contributed by atoms with E-state index in [1.165, 1.54) is 32.6 Å². The summed E-state index contributed by atoms with van der Waals surface area (Å²) >= 11 is 0. The van der Waals surface area contributed by atoms with Crippen molar-refractivity contribution in [3.8, 4) is 51.1 Å². The standard InChI is InChI=1S/C66H38N6O/c1-67-42-28-32-58-49(38-42)47-17-4-6-20-54(47)70(58)43-29-30-50-63(39-43)73-62-33-27-41(37-53(62)66(50)51-18-12-34-68-64(51)65-52(66)19-13-35-69-65)40-26-31-59-48(36-40)46-16-5-9-23-57(46)72(59)61-25-11-10-24-60(61)71-55-21-7-2-14-44(55)45-15-3-8-22-56(45)71/h2-39H. The Hall–Kier alpha value is -10.0. The van der Waals surface area contributed by atoms with Crippen molar-refractivity contribution < 1.29 is 4.74 Å². The maximum atomic E-state index is 7.75. The van der Waals surface area contributed by atoms with Crippen LogP contribution in [0.15, 0.2) is 231 Å². The van der Waals surface area contributed by atoms with Gasteiger partial charge in [-0.05, 0) is 119 Å². The number of ether oxygens (including phenoxy) is 1. The Labute approximate surface area is 418 Å². The van der Waals surface area contributed by atoms with Gasteiger partial charge in [-0.25, -0.2) is 4.85 Å². The molecule has 7 nitrogen and oxygen atoms in total. The van der Waals surface area contributed by atoms with Crippen LogP contribution >= 0.6 is 0 Å². The minimum atomic E-state index is -0.785. The summed E-state index contributed by atoms with van der Waals surface area (Å²) in [6, 6.07) is 78.1. The Morgan fingerprint density at radius 2 is 0.863 bits per heavy atom. The molecule has 1 aliphatic carbocycles. The number of nitrogens with zero attached hydrogens (tertiary/aromatic N) is 6. The van der Waals surface area contributed by atoms with Gasteiger partial charge in [-0.15, -0.1) is 0 Å². The molecule has 0 radical (unpaired) electrons. The zero-order valence-electron chi connectivity index (χ0n) is 39.0. The van der Waals surface area contributed by atoms with Crippen molar-refractivity contribution in [1.82, 2.24) is 23.7 Å². The van der Waals surface area contributed by atoms with E-state index in [0.29, 0.717) is 5.69 Å². The summed E-state index contributed by atoms with van der Waals surface area (Å²) in [6.07, 6.45) is 3.73. The van der Waals surface area contributed by atoms with Gasteiger partial charge < -0.3 is 18.4 Å². The van der Waals surface area contributed by atoms with Crippen LogP contribution in [-0.2, 0) is 5.41 Å². The van der Waals surface area contributed by atoms with Gasteiger partial charge >= 0.3 is 0 Å². The van der Waals surface area contributed by atoms with Crippen molar-refractivity contribution in [2.24, 2.45) is 0 Å². The van der Waals surface area contributed by atoms with Gasteiger partial charge in [-0.1, -0.05) is 121 Å². The van der Waals surface area contributed by atoms with Crippen LogP contribution in [0.5, 0.6) is 11.5 Å². The van der Waals surface area contributed by atoms with Gasteiger partial charge in [0, 0.05) is 62.2 Å². The van der Waals surface area contributed by atoms with E-state index >= 15 is 0 Å². The van der Waals surface area contributed by atoms with Crippen molar-refractivity contribution in [2.75, 3.05) is 0 Å². The molecular weight excluding hydrogens is 893 g/mol. The molecule has 0 saturated heterocycles. The number of hydrogen-bond donors (Lipinski definition) is 0. The molecule has 0 bridgehead atoms. The monoisotopic (exact) mass is 930 g/mol. The average molecular weight is 931 g/mol. The number of benzene rings is 9. The normalized spacial score (nSPS) is 13.1. The summed E-state index contributed by atoms with van der Waals surface area (Å²) in [4.78, 5) is 13.8. The zero-order chi connectivity index (χ0) is 47.9. The van der Waals surface area contributed by atoms with Crippen LogP contribution in [0.2, 0.25) is 0 Å². The van der Waals surface area contributed by atoms with E-state index in [1.54, 1.807) is 0 Å². The first kappa shape index (κ1) is 39.8. The van der Waals surface area contributed by atoms with Crippen LogP contribution in [0.4, 0.5) is 5.69 Å². The van der Waals surface area contributed by atoms with E-state index in [9.17, 15) is 0 Å². The molecule has 338 valence electrons. The highest BCUT2D eigenvalue weighted by atomic mass is 16.5. The molecule has 0 unspecified atom stereocenters. The van der Waals surface area contributed by atoms with Crippen LogP contribution in [-0.4, -0.2) is 23.7 Å². The number of para-hydroxylation sites is 6. The van der Waals surface area contributed by atoms with E-state index in [0.717, 1.165) is 106 Å². The van der Waals surface area contributed by atoms with Gasteiger partial charge in [0.1, 0.15) is 11.5 Å². The Bertz CT molecular complexity index is 4660. The molecule has 5 aromatic heterocycles. The Balaban J connectivity index is 0.891. The largest absolute Gasteiger partial charge is 0.457 e.